The first-order valence-electron chi connectivity index (χ1n) is 25.6. The van der Waals surface area contributed by atoms with Crippen LogP contribution in [0.5, 0.6) is 0 Å². The molecule has 0 bridgehead atoms. The molecule has 0 aliphatic rings. The second-order valence-electron chi connectivity index (χ2n) is 19.3. The van der Waals surface area contributed by atoms with Crippen LogP contribution in [-0.4, -0.2) is 9.13 Å². The Morgan fingerprint density at radius 2 is 0.787 bits per heavy atom. The van der Waals surface area contributed by atoms with Gasteiger partial charge in [-0.15, -0.1) is 11.3 Å². The fourth-order valence-electron chi connectivity index (χ4n) is 11.8. The molecule has 0 aliphatic heterocycles. The average molecular weight is 975 g/mol. The zero-order chi connectivity index (χ0) is 49.4. The number of hydrogen-bond acceptors (Lipinski definition) is 3. The largest absolute Gasteiger partial charge is 0.310 e. The van der Waals surface area contributed by atoms with E-state index in [1.54, 1.807) is 0 Å². The summed E-state index contributed by atoms with van der Waals surface area (Å²) in [6, 6.07) is 102. The minimum atomic E-state index is 1.08. The van der Waals surface area contributed by atoms with Crippen LogP contribution in [0.4, 0.5) is 34.1 Å². The molecule has 0 fully saturated rings. The molecular weight excluding hydrogens is 929 g/mol. The lowest BCUT2D eigenvalue weighted by molar-refractivity contribution is 1.19. The molecule has 15 rings (SSSR count). The van der Waals surface area contributed by atoms with Crippen LogP contribution < -0.4 is 9.80 Å². The summed E-state index contributed by atoms with van der Waals surface area (Å²) in [6.45, 7) is 0. The lowest BCUT2D eigenvalue weighted by Gasteiger charge is -2.28. The summed E-state index contributed by atoms with van der Waals surface area (Å²) in [6.07, 6.45) is 0. The average Bonchev–Trinajstić information content (AvgIpc) is 4.15. The molecule has 5 heteroatoms. The Hall–Kier alpha value is -9.68. The van der Waals surface area contributed by atoms with Crippen molar-refractivity contribution < 1.29 is 0 Å². The van der Waals surface area contributed by atoms with E-state index in [0.717, 1.165) is 56.6 Å². The van der Waals surface area contributed by atoms with E-state index in [0.29, 0.717) is 0 Å². The molecule has 12 aromatic carbocycles. The van der Waals surface area contributed by atoms with Gasteiger partial charge in [0, 0.05) is 92.3 Å². The normalized spacial score (nSPS) is 11.7. The van der Waals surface area contributed by atoms with Gasteiger partial charge in [-0.25, -0.2) is 0 Å². The van der Waals surface area contributed by atoms with Crippen LogP contribution in [-0.2, 0) is 0 Å². The first kappa shape index (κ1) is 43.0. The predicted octanol–water partition coefficient (Wildman–Crippen LogP) is 20.0. The first-order valence-corrected chi connectivity index (χ1v) is 26.4. The number of para-hydroxylation sites is 5. The minimum absolute atomic E-state index is 1.08. The molecule has 0 N–H and O–H groups in total. The quantitative estimate of drug-likeness (QED) is 0.143. The topological polar surface area (TPSA) is 16.3 Å². The van der Waals surface area contributed by atoms with E-state index >= 15 is 0 Å². The summed E-state index contributed by atoms with van der Waals surface area (Å²) in [7, 11) is 0. The van der Waals surface area contributed by atoms with E-state index in [4.69, 9.17) is 0 Å². The molecule has 4 nitrogen and oxygen atoms in total. The molecule has 352 valence electrons. The van der Waals surface area contributed by atoms with Crippen molar-refractivity contribution >= 4 is 120 Å². The van der Waals surface area contributed by atoms with E-state index in [9.17, 15) is 0 Å². The Kier molecular flexibility index (Phi) is 10.0. The summed E-state index contributed by atoms with van der Waals surface area (Å²) in [5.74, 6) is 0. The molecule has 0 unspecified atom stereocenters. The van der Waals surface area contributed by atoms with Crippen LogP contribution in [0.25, 0.3) is 97.1 Å². The molecule has 0 aliphatic carbocycles. The van der Waals surface area contributed by atoms with Gasteiger partial charge in [-0.3, -0.25) is 0 Å². The molecular formula is C70H46N4S. The second-order valence-corrected chi connectivity index (χ2v) is 20.4. The second kappa shape index (κ2) is 17.5. The number of hydrogen-bond donors (Lipinski definition) is 0. The highest BCUT2D eigenvalue weighted by molar-refractivity contribution is 7.26. The van der Waals surface area contributed by atoms with Gasteiger partial charge in [0.15, 0.2) is 0 Å². The van der Waals surface area contributed by atoms with Crippen molar-refractivity contribution in [2.24, 2.45) is 0 Å². The number of aromatic nitrogens is 2. The fraction of sp³-hybridized carbons (Fsp3) is 0. The van der Waals surface area contributed by atoms with Gasteiger partial charge >= 0.3 is 0 Å². The summed E-state index contributed by atoms with van der Waals surface area (Å²) in [4.78, 5) is 4.82. The zero-order valence-corrected chi connectivity index (χ0v) is 41.6. The smallest absolute Gasteiger partial charge is 0.0634 e. The molecule has 0 amide bonds. The van der Waals surface area contributed by atoms with Crippen LogP contribution in [0.15, 0.2) is 279 Å². The molecule has 15 aromatic rings. The van der Waals surface area contributed by atoms with Gasteiger partial charge in [0.05, 0.1) is 27.8 Å². The van der Waals surface area contributed by atoms with E-state index < -0.39 is 0 Å². The van der Waals surface area contributed by atoms with Crippen LogP contribution in [0.2, 0.25) is 0 Å². The third-order valence-electron chi connectivity index (χ3n) is 15.0. The van der Waals surface area contributed by atoms with E-state index in [1.807, 2.05) is 11.3 Å². The van der Waals surface area contributed by atoms with Gasteiger partial charge in [-0.05, 0) is 126 Å². The van der Waals surface area contributed by atoms with Gasteiger partial charge in [-0.1, -0.05) is 164 Å². The van der Waals surface area contributed by atoms with Crippen LogP contribution >= 0.6 is 11.3 Å². The van der Waals surface area contributed by atoms with Crippen molar-refractivity contribution in [3.63, 3.8) is 0 Å². The van der Waals surface area contributed by atoms with Crippen molar-refractivity contribution in [1.29, 1.82) is 0 Å². The molecule has 0 atom stereocenters. The van der Waals surface area contributed by atoms with E-state index in [1.165, 1.54) is 74.6 Å². The Balaban J connectivity index is 0.861. The van der Waals surface area contributed by atoms with Gasteiger partial charge in [0.2, 0.25) is 0 Å². The lowest BCUT2D eigenvalue weighted by Crippen LogP contribution is -2.11. The number of benzene rings is 12. The Bertz CT molecular complexity index is 4630. The summed E-state index contributed by atoms with van der Waals surface area (Å²) in [5, 5.41) is 9.89. The summed E-state index contributed by atoms with van der Waals surface area (Å²) >= 11 is 1.87. The molecule has 0 saturated carbocycles. The Labute approximate surface area is 438 Å². The van der Waals surface area contributed by atoms with Crippen molar-refractivity contribution in [3.05, 3.63) is 279 Å². The highest BCUT2D eigenvalue weighted by atomic mass is 32.1. The summed E-state index contributed by atoms with van der Waals surface area (Å²) < 4.78 is 7.50. The standard InChI is InChI=1S/C70H46N4S/c1-5-21-49(22-6-1)71(55-40-42-64-61(45-55)59-41-43-67-68(60-33-16-18-35-66(60)75-67)70(59)74(64)52-27-11-4-12-28-52)54-29-19-20-48(44-54)47-36-38-53(39-37-47)72(50-23-7-2-8-24-50)65-46-62-57-31-15-17-34-63(57)73(51-25-9-3-10-26-51)69(62)58-32-14-13-30-56(58)65/h1-46H. The third kappa shape index (κ3) is 6.97. The van der Waals surface area contributed by atoms with Gasteiger partial charge in [-0.2, -0.15) is 0 Å². The molecule has 0 radical (unpaired) electrons. The summed E-state index contributed by atoms with van der Waals surface area (Å²) in [5.41, 5.74) is 16.0. The number of thiophene rings is 1. The van der Waals surface area contributed by atoms with Gasteiger partial charge in [0.1, 0.15) is 0 Å². The van der Waals surface area contributed by atoms with Crippen molar-refractivity contribution in [3.8, 4) is 22.5 Å². The molecule has 75 heavy (non-hydrogen) atoms. The highest BCUT2D eigenvalue weighted by Crippen LogP contribution is 2.48. The van der Waals surface area contributed by atoms with Crippen LogP contribution in [0.1, 0.15) is 0 Å². The molecule has 0 spiro atoms. The number of anilines is 6. The predicted molar refractivity (Wildman–Crippen MR) is 320 cm³/mol. The first-order chi connectivity index (χ1) is 37.2. The minimum Gasteiger partial charge on any atom is -0.310 e. The molecule has 3 heterocycles. The van der Waals surface area contributed by atoms with Crippen LogP contribution in [0.3, 0.4) is 0 Å². The monoisotopic (exact) mass is 974 g/mol. The van der Waals surface area contributed by atoms with Crippen molar-refractivity contribution in [2.45, 2.75) is 0 Å². The van der Waals surface area contributed by atoms with Gasteiger partial charge in [0.25, 0.3) is 0 Å². The lowest BCUT2D eigenvalue weighted by atomic mass is 10.0. The maximum atomic E-state index is 2.47. The number of rotatable bonds is 9. The maximum Gasteiger partial charge on any atom is 0.0634 e. The van der Waals surface area contributed by atoms with E-state index in [-0.39, 0.29) is 0 Å². The van der Waals surface area contributed by atoms with E-state index in [2.05, 4.69) is 298 Å². The van der Waals surface area contributed by atoms with Crippen molar-refractivity contribution in [2.75, 3.05) is 9.80 Å². The van der Waals surface area contributed by atoms with Crippen LogP contribution in [0, 0.1) is 0 Å². The molecule has 3 aromatic heterocycles. The van der Waals surface area contributed by atoms with Gasteiger partial charge < -0.3 is 18.9 Å². The van der Waals surface area contributed by atoms with Crippen molar-refractivity contribution in [1.82, 2.24) is 9.13 Å². The Morgan fingerprint density at radius 3 is 1.51 bits per heavy atom. The maximum absolute atomic E-state index is 2.47. The molecule has 0 saturated heterocycles. The SMILES string of the molecule is c1ccc(N(c2cccc(-c3ccc(N(c4ccccc4)c4cc5c6ccccc6n(-c6ccccc6)c5c5ccccc45)cc3)c2)c2ccc3c(c2)c2ccc4sc5ccccc5c4c2n3-c2ccccc2)cc1. The number of fused-ring (bicyclic) bond motifs is 12. The highest BCUT2D eigenvalue weighted by Gasteiger charge is 2.24. The zero-order valence-electron chi connectivity index (χ0n) is 40.8. The Morgan fingerprint density at radius 1 is 0.267 bits per heavy atom. The fourth-order valence-corrected chi connectivity index (χ4v) is 12.9. The third-order valence-corrected chi connectivity index (χ3v) is 16.2. The number of nitrogens with zero attached hydrogens (tertiary/aromatic N) is 4.